The molecule has 5 nitrogen and oxygen atoms in total. The van der Waals surface area contributed by atoms with Crippen LogP contribution in [0.3, 0.4) is 0 Å². The third-order valence-electron chi connectivity index (χ3n) is 5.83. The van der Waals surface area contributed by atoms with Crippen molar-refractivity contribution in [2.75, 3.05) is 49.1 Å². The highest BCUT2D eigenvalue weighted by atomic mass is 19.1. The molecule has 1 saturated heterocycles. The predicted molar refractivity (Wildman–Crippen MR) is 112 cm³/mol. The first-order valence-corrected chi connectivity index (χ1v) is 10.2. The van der Waals surface area contributed by atoms with Crippen molar-refractivity contribution in [2.45, 2.75) is 19.8 Å². The number of Topliss-reactive ketones (excluding diaryl/α,β-unsaturated/α-hetero) is 1. The molecule has 0 aromatic heterocycles. The lowest BCUT2D eigenvalue weighted by molar-refractivity contribution is -0.116. The number of piperazine rings is 1. The fourth-order valence-electron chi connectivity index (χ4n) is 4.25. The van der Waals surface area contributed by atoms with Gasteiger partial charge in [0, 0.05) is 50.9 Å². The first-order valence-electron chi connectivity index (χ1n) is 10.2. The van der Waals surface area contributed by atoms with Gasteiger partial charge in [-0.25, -0.2) is 4.39 Å². The fraction of sp³-hybridized carbons (Fsp3) is 0.391. The molecule has 0 spiro atoms. The third kappa shape index (κ3) is 4.17. The molecule has 2 aliphatic rings. The van der Waals surface area contributed by atoms with Gasteiger partial charge in [0.15, 0.2) is 5.78 Å². The van der Waals surface area contributed by atoms with E-state index in [0.29, 0.717) is 30.9 Å². The lowest BCUT2D eigenvalue weighted by Crippen LogP contribution is -2.48. The minimum atomic E-state index is -0.203. The molecule has 0 N–H and O–H groups in total. The number of hydrogen-bond acceptors (Lipinski definition) is 4. The molecule has 2 aromatic carbocycles. The van der Waals surface area contributed by atoms with Crippen LogP contribution >= 0.6 is 0 Å². The summed E-state index contributed by atoms with van der Waals surface area (Å²) < 4.78 is 14.0. The first-order chi connectivity index (χ1) is 14.0. The molecule has 0 unspecified atom stereocenters. The summed E-state index contributed by atoms with van der Waals surface area (Å²) in [4.78, 5) is 30.6. The number of carbonyl (C=O) groups is 2. The molecule has 0 bridgehead atoms. The smallest absolute Gasteiger partial charge is 0.223 e. The van der Waals surface area contributed by atoms with Crippen molar-refractivity contribution in [3.05, 3.63) is 59.4 Å². The van der Waals surface area contributed by atoms with Crippen LogP contribution in [0.15, 0.2) is 42.5 Å². The van der Waals surface area contributed by atoms with Gasteiger partial charge in [0.2, 0.25) is 5.91 Å². The van der Waals surface area contributed by atoms with Crippen molar-refractivity contribution in [3.8, 4) is 0 Å². The zero-order valence-electron chi connectivity index (χ0n) is 16.7. The average Bonchev–Trinajstić information content (AvgIpc) is 2.74. The lowest BCUT2D eigenvalue weighted by atomic mass is 9.97. The predicted octanol–water partition coefficient (Wildman–Crippen LogP) is 3.13. The van der Waals surface area contributed by atoms with E-state index in [1.54, 1.807) is 24.0 Å². The maximum atomic E-state index is 14.0. The number of carbonyl (C=O) groups excluding carboxylic acids is 2. The Morgan fingerprint density at radius 2 is 1.72 bits per heavy atom. The van der Waals surface area contributed by atoms with Crippen LogP contribution in [-0.4, -0.2) is 55.9 Å². The molecule has 2 aromatic rings. The van der Waals surface area contributed by atoms with Crippen molar-refractivity contribution in [3.63, 3.8) is 0 Å². The standard InChI is InChI=1S/C23H26FN3O2/c1-17(28)27-10-4-5-18-15-19(8-9-21(18)27)23(29)16-25-11-13-26(14-12-25)22-7-3-2-6-20(22)24/h2-3,6-9,15H,4-5,10-14,16H2,1H3. The van der Waals surface area contributed by atoms with Gasteiger partial charge in [-0.2, -0.15) is 0 Å². The Morgan fingerprint density at radius 3 is 2.45 bits per heavy atom. The number of para-hydroxylation sites is 1. The van der Waals surface area contributed by atoms with Crippen LogP contribution < -0.4 is 9.80 Å². The average molecular weight is 395 g/mol. The molecule has 0 radical (unpaired) electrons. The van der Waals surface area contributed by atoms with Gasteiger partial charge >= 0.3 is 0 Å². The molecular formula is C23H26FN3O2. The Balaban J connectivity index is 1.38. The number of hydrogen-bond donors (Lipinski definition) is 0. The van der Waals surface area contributed by atoms with Crippen LogP contribution in [0.2, 0.25) is 0 Å². The fourth-order valence-corrected chi connectivity index (χ4v) is 4.25. The maximum Gasteiger partial charge on any atom is 0.223 e. The Labute approximate surface area is 170 Å². The Hall–Kier alpha value is -2.73. The van der Waals surface area contributed by atoms with E-state index < -0.39 is 0 Å². The molecule has 0 saturated carbocycles. The second-order valence-electron chi connectivity index (χ2n) is 7.76. The van der Waals surface area contributed by atoms with E-state index in [9.17, 15) is 14.0 Å². The molecule has 4 rings (SSSR count). The van der Waals surface area contributed by atoms with Gasteiger partial charge < -0.3 is 9.80 Å². The number of nitrogens with zero attached hydrogens (tertiary/aromatic N) is 3. The molecule has 0 aliphatic carbocycles. The van der Waals surface area contributed by atoms with Crippen LogP contribution in [0.25, 0.3) is 0 Å². The van der Waals surface area contributed by atoms with E-state index >= 15 is 0 Å². The number of amides is 1. The van der Waals surface area contributed by atoms with E-state index in [2.05, 4.69) is 4.90 Å². The highest BCUT2D eigenvalue weighted by molar-refractivity contribution is 5.99. The van der Waals surface area contributed by atoms with Gasteiger partial charge in [-0.05, 0) is 48.7 Å². The molecule has 1 amide bonds. The molecule has 2 heterocycles. The van der Waals surface area contributed by atoms with E-state index in [4.69, 9.17) is 0 Å². The zero-order chi connectivity index (χ0) is 20.4. The third-order valence-corrected chi connectivity index (χ3v) is 5.83. The summed E-state index contributed by atoms with van der Waals surface area (Å²) in [6, 6.07) is 12.5. The van der Waals surface area contributed by atoms with Gasteiger partial charge in [-0.3, -0.25) is 14.5 Å². The quantitative estimate of drug-likeness (QED) is 0.746. The molecule has 29 heavy (non-hydrogen) atoms. The van der Waals surface area contributed by atoms with Crippen molar-refractivity contribution in [1.29, 1.82) is 0 Å². The van der Waals surface area contributed by atoms with Gasteiger partial charge in [-0.1, -0.05) is 12.1 Å². The minimum Gasteiger partial charge on any atom is -0.367 e. The summed E-state index contributed by atoms with van der Waals surface area (Å²) in [6.45, 7) is 5.53. The van der Waals surface area contributed by atoms with E-state index in [1.807, 2.05) is 29.2 Å². The molecule has 152 valence electrons. The van der Waals surface area contributed by atoms with Gasteiger partial charge in [0.25, 0.3) is 0 Å². The largest absolute Gasteiger partial charge is 0.367 e. The molecule has 2 aliphatic heterocycles. The normalized spacial score (nSPS) is 17.2. The number of anilines is 2. The van der Waals surface area contributed by atoms with Crippen LogP contribution in [0.5, 0.6) is 0 Å². The summed E-state index contributed by atoms with van der Waals surface area (Å²) >= 11 is 0. The number of aryl methyl sites for hydroxylation is 1. The molecule has 0 atom stereocenters. The second-order valence-corrected chi connectivity index (χ2v) is 7.76. The van der Waals surface area contributed by atoms with Gasteiger partial charge in [0.05, 0.1) is 12.2 Å². The number of rotatable bonds is 4. The monoisotopic (exact) mass is 395 g/mol. The summed E-state index contributed by atoms with van der Waals surface area (Å²) in [5.74, 6) is -0.0736. The lowest BCUT2D eigenvalue weighted by Gasteiger charge is -2.36. The Morgan fingerprint density at radius 1 is 0.966 bits per heavy atom. The summed E-state index contributed by atoms with van der Waals surface area (Å²) in [7, 11) is 0. The first kappa shape index (κ1) is 19.6. The number of halogens is 1. The molecule has 6 heteroatoms. The van der Waals surface area contributed by atoms with Crippen molar-refractivity contribution in [2.24, 2.45) is 0 Å². The number of benzene rings is 2. The van der Waals surface area contributed by atoms with E-state index in [1.165, 1.54) is 6.07 Å². The van der Waals surface area contributed by atoms with Crippen molar-refractivity contribution in [1.82, 2.24) is 4.90 Å². The zero-order valence-corrected chi connectivity index (χ0v) is 16.7. The second kappa shape index (κ2) is 8.33. The highest BCUT2D eigenvalue weighted by Crippen LogP contribution is 2.28. The Kier molecular flexibility index (Phi) is 5.62. The van der Waals surface area contributed by atoms with Crippen molar-refractivity contribution >= 4 is 23.1 Å². The maximum absolute atomic E-state index is 14.0. The van der Waals surface area contributed by atoms with Crippen molar-refractivity contribution < 1.29 is 14.0 Å². The SMILES string of the molecule is CC(=O)N1CCCc2cc(C(=O)CN3CCN(c4ccccc4F)CC3)ccc21. The molecular weight excluding hydrogens is 369 g/mol. The Bertz CT molecular complexity index is 922. The molecule has 1 fully saturated rings. The topological polar surface area (TPSA) is 43.9 Å². The van der Waals surface area contributed by atoms with Gasteiger partial charge in [-0.15, -0.1) is 0 Å². The van der Waals surface area contributed by atoms with Crippen LogP contribution in [0.4, 0.5) is 15.8 Å². The summed E-state index contributed by atoms with van der Waals surface area (Å²) in [5, 5.41) is 0. The van der Waals surface area contributed by atoms with E-state index in [0.717, 1.165) is 43.7 Å². The van der Waals surface area contributed by atoms with Gasteiger partial charge in [0.1, 0.15) is 5.82 Å². The van der Waals surface area contributed by atoms with E-state index in [-0.39, 0.29) is 17.5 Å². The highest BCUT2D eigenvalue weighted by Gasteiger charge is 2.24. The van der Waals surface area contributed by atoms with Crippen LogP contribution in [0.1, 0.15) is 29.3 Å². The summed E-state index contributed by atoms with van der Waals surface area (Å²) in [6.07, 6.45) is 1.81. The number of fused-ring (bicyclic) bond motifs is 1. The number of ketones is 1. The summed E-state index contributed by atoms with van der Waals surface area (Å²) in [5.41, 5.74) is 3.33. The van der Waals surface area contributed by atoms with Crippen LogP contribution in [-0.2, 0) is 11.2 Å². The minimum absolute atomic E-state index is 0.0396. The van der Waals surface area contributed by atoms with Crippen LogP contribution in [0, 0.1) is 5.82 Å².